The fourth-order valence-corrected chi connectivity index (χ4v) is 4.39. The number of rotatable bonds is 3. The van der Waals surface area contributed by atoms with Crippen LogP contribution in [0.2, 0.25) is 0 Å². The number of hydrogen-bond donors (Lipinski definition) is 2. The molecule has 0 bridgehead atoms. The molecule has 130 valence electrons. The van der Waals surface area contributed by atoms with Crippen LogP contribution in [0.1, 0.15) is 38.1 Å². The standard InChI is InChI=1S/C19H18N6O/c20-7-5-15(11-3-1-2-4-11)25-10-13-12-6-8-21-18-16(12)14(9-22-18)23-19(26)17(13)24-25/h6,8-11,15H,1-5H2,(H,21,22)(H,23,26). The van der Waals surface area contributed by atoms with E-state index in [1.165, 1.54) is 12.8 Å². The molecule has 26 heavy (non-hydrogen) atoms. The van der Waals surface area contributed by atoms with Gasteiger partial charge in [0.2, 0.25) is 0 Å². The Morgan fingerprint density at radius 2 is 2.19 bits per heavy atom. The average Bonchev–Trinajstić information content (AvgIpc) is 3.38. The molecule has 4 heterocycles. The summed E-state index contributed by atoms with van der Waals surface area (Å²) in [5, 5.41) is 16.6. The Kier molecular flexibility index (Phi) is 3.32. The van der Waals surface area contributed by atoms with E-state index in [-0.39, 0.29) is 11.6 Å². The van der Waals surface area contributed by atoms with Gasteiger partial charge >= 0.3 is 0 Å². The van der Waals surface area contributed by atoms with Gasteiger partial charge in [0.05, 0.1) is 35.6 Å². The molecule has 4 aromatic heterocycles. The molecule has 2 N–H and O–H groups in total. The second kappa shape index (κ2) is 5.70. The smallest absolute Gasteiger partial charge is 0.276 e. The molecule has 1 aliphatic carbocycles. The lowest BCUT2D eigenvalue weighted by Gasteiger charge is -2.21. The van der Waals surface area contributed by atoms with Crippen LogP contribution in [-0.4, -0.2) is 24.7 Å². The topological polar surface area (TPSA) is 103 Å². The van der Waals surface area contributed by atoms with E-state index in [0.717, 1.165) is 34.6 Å². The zero-order valence-electron chi connectivity index (χ0n) is 14.2. The normalized spacial score (nSPS) is 16.6. The van der Waals surface area contributed by atoms with E-state index in [4.69, 9.17) is 0 Å². The Bertz CT molecular complexity index is 1220. The highest BCUT2D eigenvalue weighted by Gasteiger charge is 2.27. The fraction of sp³-hybridized carbons (Fsp3) is 0.368. The molecule has 0 radical (unpaired) electrons. The lowest BCUT2D eigenvalue weighted by molar-refractivity contribution is 0.316. The molecule has 4 aromatic rings. The molecule has 1 atom stereocenters. The van der Waals surface area contributed by atoms with E-state index in [1.54, 1.807) is 6.20 Å². The molecular weight excluding hydrogens is 328 g/mol. The first kappa shape index (κ1) is 15.1. The quantitative estimate of drug-likeness (QED) is 0.593. The first-order valence-electron chi connectivity index (χ1n) is 9.00. The zero-order chi connectivity index (χ0) is 17.7. The maximum absolute atomic E-state index is 12.7. The summed E-state index contributed by atoms with van der Waals surface area (Å²) in [4.78, 5) is 23.1. The molecule has 0 spiro atoms. The van der Waals surface area contributed by atoms with Crippen LogP contribution >= 0.6 is 0 Å². The summed E-state index contributed by atoms with van der Waals surface area (Å²) in [7, 11) is 0. The summed E-state index contributed by atoms with van der Waals surface area (Å²) in [6, 6.07) is 4.27. The summed E-state index contributed by atoms with van der Waals surface area (Å²) >= 11 is 0. The number of nitriles is 1. The molecule has 1 aliphatic rings. The minimum Gasteiger partial charge on any atom is -0.346 e. The van der Waals surface area contributed by atoms with Crippen molar-refractivity contribution in [2.24, 2.45) is 5.92 Å². The van der Waals surface area contributed by atoms with Gasteiger partial charge in [0, 0.05) is 23.2 Å². The summed E-state index contributed by atoms with van der Waals surface area (Å²) in [6.07, 6.45) is 10.5. The van der Waals surface area contributed by atoms with Crippen LogP contribution in [0.25, 0.3) is 32.8 Å². The van der Waals surface area contributed by atoms with Crippen LogP contribution in [0.5, 0.6) is 0 Å². The Morgan fingerprint density at radius 1 is 1.35 bits per heavy atom. The van der Waals surface area contributed by atoms with Gasteiger partial charge in [-0.3, -0.25) is 9.48 Å². The number of pyridine rings is 1. The van der Waals surface area contributed by atoms with Crippen molar-refractivity contribution in [3.63, 3.8) is 0 Å². The first-order chi connectivity index (χ1) is 12.8. The van der Waals surface area contributed by atoms with E-state index in [2.05, 4.69) is 26.1 Å². The minimum atomic E-state index is -0.230. The maximum atomic E-state index is 12.7. The summed E-state index contributed by atoms with van der Waals surface area (Å²) < 4.78 is 1.85. The third kappa shape index (κ3) is 2.15. The molecule has 1 fully saturated rings. The molecule has 0 saturated heterocycles. The molecule has 0 aromatic carbocycles. The van der Waals surface area contributed by atoms with Crippen LogP contribution in [0, 0.1) is 17.2 Å². The number of H-pyrrole nitrogens is 2. The Hall–Kier alpha value is -3.14. The van der Waals surface area contributed by atoms with E-state index in [9.17, 15) is 10.1 Å². The van der Waals surface area contributed by atoms with Gasteiger partial charge in [-0.1, -0.05) is 12.8 Å². The van der Waals surface area contributed by atoms with Crippen molar-refractivity contribution < 1.29 is 0 Å². The number of aromatic amines is 2. The second-order valence-corrected chi connectivity index (χ2v) is 7.09. The van der Waals surface area contributed by atoms with Crippen LogP contribution < -0.4 is 5.56 Å². The van der Waals surface area contributed by atoms with Crippen LogP contribution in [0.3, 0.4) is 0 Å². The number of fused-ring (bicyclic) bond motifs is 2. The van der Waals surface area contributed by atoms with Crippen molar-refractivity contribution in [3.05, 3.63) is 35.0 Å². The van der Waals surface area contributed by atoms with Gasteiger partial charge in [-0.2, -0.15) is 10.4 Å². The zero-order valence-corrected chi connectivity index (χ0v) is 14.2. The van der Waals surface area contributed by atoms with Crippen LogP contribution in [0.15, 0.2) is 29.5 Å². The number of aromatic nitrogens is 5. The monoisotopic (exact) mass is 346 g/mol. The van der Waals surface area contributed by atoms with Crippen molar-refractivity contribution in [1.82, 2.24) is 24.7 Å². The minimum absolute atomic E-state index is 0.0187. The van der Waals surface area contributed by atoms with E-state index < -0.39 is 0 Å². The fourth-order valence-electron chi connectivity index (χ4n) is 4.39. The number of nitrogens with one attached hydrogen (secondary N) is 2. The van der Waals surface area contributed by atoms with Gasteiger partial charge in [0.25, 0.3) is 5.56 Å². The highest BCUT2D eigenvalue weighted by molar-refractivity contribution is 6.15. The predicted molar refractivity (Wildman–Crippen MR) is 98.7 cm³/mol. The lowest BCUT2D eigenvalue weighted by atomic mass is 9.96. The molecule has 5 rings (SSSR count). The summed E-state index contributed by atoms with van der Waals surface area (Å²) in [5.41, 5.74) is 1.62. The number of nitrogens with zero attached hydrogens (tertiary/aromatic N) is 4. The Balaban J connectivity index is 1.80. The third-order valence-corrected chi connectivity index (χ3v) is 5.64. The van der Waals surface area contributed by atoms with Crippen molar-refractivity contribution in [3.8, 4) is 6.07 Å². The predicted octanol–water partition coefficient (Wildman–Crippen LogP) is 3.40. The van der Waals surface area contributed by atoms with Crippen molar-refractivity contribution >= 4 is 32.8 Å². The van der Waals surface area contributed by atoms with Gasteiger partial charge in [0.1, 0.15) is 5.65 Å². The van der Waals surface area contributed by atoms with Gasteiger partial charge in [0.15, 0.2) is 5.52 Å². The SMILES string of the molecule is N#CCC(C1CCCC1)n1cc2c(n1)c(=O)[nH]c1cnc3[nH]ccc2c13. The molecule has 0 aliphatic heterocycles. The third-order valence-electron chi connectivity index (χ3n) is 5.64. The highest BCUT2D eigenvalue weighted by atomic mass is 16.1. The number of hydrogen-bond acceptors (Lipinski definition) is 4. The van der Waals surface area contributed by atoms with Crippen LogP contribution in [0.4, 0.5) is 0 Å². The molecule has 7 heteroatoms. The van der Waals surface area contributed by atoms with Gasteiger partial charge in [-0.15, -0.1) is 0 Å². The van der Waals surface area contributed by atoms with Gasteiger partial charge < -0.3 is 9.97 Å². The molecule has 7 nitrogen and oxygen atoms in total. The van der Waals surface area contributed by atoms with Crippen molar-refractivity contribution in [1.29, 1.82) is 5.26 Å². The van der Waals surface area contributed by atoms with Crippen molar-refractivity contribution in [2.75, 3.05) is 0 Å². The maximum Gasteiger partial charge on any atom is 0.276 e. The summed E-state index contributed by atoms with van der Waals surface area (Å²) in [5.74, 6) is 0.446. The average molecular weight is 346 g/mol. The Labute approximate surface area is 148 Å². The lowest BCUT2D eigenvalue weighted by Crippen LogP contribution is -2.18. The second-order valence-electron chi connectivity index (χ2n) is 7.09. The van der Waals surface area contributed by atoms with E-state index in [1.807, 2.05) is 23.1 Å². The Morgan fingerprint density at radius 3 is 3.00 bits per heavy atom. The molecule has 1 saturated carbocycles. The van der Waals surface area contributed by atoms with Gasteiger partial charge in [-0.05, 0) is 24.8 Å². The highest BCUT2D eigenvalue weighted by Crippen LogP contribution is 2.37. The molecule has 1 unspecified atom stereocenters. The van der Waals surface area contributed by atoms with E-state index >= 15 is 0 Å². The van der Waals surface area contributed by atoms with Crippen LogP contribution in [-0.2, 0) is 0 Å². The molecular formula is C19H18N6O. The largest absolute Gasteiger partial charge is 0.346 e. The van der Waals surface area contributed by atoms with E-state index in [0.29, 0.717) is 23.4 Å². The first-order valence-corrected chi connectivity index (χ1v) is 9.00. The van der Waals surface area contributed by atoms with Gasteiger partial charge in [-0.25, -0.2) is 4.98 Å². The van der Waals surface area contributed by atoms with Crippen molar-refractivity contribution in [2.45, 2.75) is 38.1 Å². The molecule has 0 amide bonds. The summed E-state index contributed by atoms with van der Waals surface area (Å²) in [6.45, 7) is 0.